The van der Waals surface area contributed by atoms with Gasteiger partial charge in [0.05, 0.1) is 0 Å². The van der Waals surface area contributed by atoms with Crippen LogP contribution in [-0.2, 0) is 9.59 Å². The number of nitrogens with two attached hydrogens (primary N) is 1. The maximum Gasteiger partial charge on any atom is 0.321 e. The molecule has 0 fully saturated rings. The highest BCUT2D eigenvalue weighted by Crippen LogP contribution is 2.26. The zero-order valence-corrected chi connectivity index (χ0v) is 12.5. The fraction of sp³-hybridized carbons (Fsp3) is 0. The number of amides is 2. The van der Waals surface area contributed by atoms with E-state index in [9.17, 15) is 9.59 Å². The smallest absolute Gasteiger partial charge is 0.321 e. The standard InChI is InChI=1S/C16H14N6O2/c17-11-6-8-13(9-7-11)22(12-4-2-1-3-5-12)15(24)14(23)20-16-18-10-19-21-16/h1-10H,17H2,(H2,18,19,20,21,23). The molecule has 0 atom stereocenters. The van der Waals surface area contributed by atoms with Crippen LogP contribution in [0, 0.1) is 0 Å². The van der Waals surface area contributed by atoms with E-state index in [1.54, 1.807) is 48.5 Å². The highest BCUT2D eigenvalue weighted by atomic mass is 16.2. The molecule has 1 heterocycles. The summed E-state index contributed by atoms with van der Waals surface area (Å²) in [6.45, 7) is 0. The van der Waals surface area contributed by atoms with Crippen molar-refractivity contribution >= 4 is 34.8 Å². The summed E-state index contributed by atoms with van der Waals surface area (Å²) < 4.78 is 0. The molecule has 4 N–H and O–H groups in total. The summed E-state index contributed by atoms with van der Waals surface area (Å²) in [6.07, 6.45) is 1.23. The molecule has 2 amide bonds. The van der Waals surface area contributed by atoms with E-state index in [0.717, 1.165) is 0 Å². The van der Waals surface area contributed by atoms with Crippen LogP contribution in [0.3, 0.4) is 0 Å². The quantitative estimate of drug-likeness (QED) is 0.501. The number of benzene rings is 2. The minimum Gasteiger partial charge on any atom is -0.399 e. The van der Waals surface area contributed by atoms with Gasteiger partial charge in [0.1, 0.15) is 6.33 Å². The van der Waals surface area contributed by atoms with E-state index in [0.29, 0.717) is 17.1 Å². The van der Waals surface area contributed by atoms with Crippen molar-refractivity contribution in [1.29, 1.82) is 0 Å². The number of carbonyl (C=O) groups excluding carboxylic acids is 2. The van der Waals surface area contributed by atoms with Gasteiger partial charge in [-0.15, -0.1) is 0 Å². The molecule has 0 radical (unpaired) electrons. The summed E-state index contributed by atoms with van der Waals surface area (Å²) in [4.78, 5) is 30.0. The number of hydrogen-bond acceptors (Lipinski definition) is 5. The van der Waals surface area contributed by atoms with Crippen molar-refractivity contribution in [3.63, 3.8) is 0 Å². The average molecular weight is 322 g/mol. The van der Waals surface area contributed by atoms with Gasteiger partial charge in [0, 0.05) is 17.1 Å². The van der Waals surface area contributed by atoms with Crippen LogP contribution in [0.5, 0.6) is 0 Å². The highest BCUT2D eigenvalue weighted by Gasteiger charge is 2.25. The number of nitrogen functional groups attached to an aromatic ring is 1. The molecule has 1 aromatic heterocycles. The molecule has 2 aromatic carbocycles. The number of anilines is 4. The van der Waals surface area contributed by atoms with Crippen molar-refractivity contribution in [2.75, 3.05) is 16.0 Å². The predicted octanol–water partition coefficient (Wildman–Crippen LogP) is 1.69. The minimum atomic E-state index is -0.840. The number of hydrogen-bond donors (Lipinski definition) is 3. The molecule has 0 unspecified atom stereocenters. The highest BCUT2D eigenvalue weighted by molar-refractivity contribution is 6.45. The van der Waals surface area contributed by atoms with Gasteiger partial charge in [-0.25, -0.2) is 5.10 Å². The van der Waals surface area contributed by atoms with Gasteiger partial charge < -0.3 is 5.73 Å². The molecule has 3 aromatic rings. The number of rotatable bonds is 3. The Morgan fingerprint density at radius 2 is 1.67 bits per heavy atom. The van der Waals surface area contributed by atoms with Crippen LogP contribution in [0.25, 0.3) is 0 Å². The van der Waals surface area contributed by atoms with E-state index in [1.807, 2.05) is 6.07 Å². The zero-order valence-electron chi connectivity index (χ0n) is 12.5. The first-order chi connectivity index (χ1) is 11.6. The molecule has 24 heavy (non-hydrogen) atoms. The Hall–Kier alpha value is -3.68. The second kappa shape index (κ2) is 6.61. The van der Waals surface area contributed by atoms with Gasteiger partial charge in [0.15, 0.2) is 0 Å². The van der Waals surface area contributed by atoms with Gasteiger partial charge >= 0.3 is 11.8 Å². The van der Waals surface area contributed by atoms with Crippen molar-refractivity contribution in [3.8, 4) is 0 Å². The third-order valence-corrected chi connectivity index (χ3v) is 3.21. The lowest BCUT2D eigenvalue weighted by molar-refractivity contribution is -0.134. The molecule has 0 aliphatic carbocycles. The van der Waals surface area contributed by atoms with E-state index >= 15 is 0 Å². The summed E-state index contributed by atoms with van der Waals surface area (Å²) in [5.41, 5.74) is 7.33. The molecular weight excluding hydrogens is 308 g/mol. The molecule has 0 bridgehead atoms. The molecule has 3 rings (SSSR count). The van der Waals surface area contributed by atoms with Crippen LogP contribution < -0.4 is 16.0 Å². The number of carbonyl (C=O) groups is 2. The predicted molar refractivity (Wildman–Crippen MR) is 89.5 cm³/mol. The van der Waals surface area contributed by atoms with Gasteiger partial charge in [-0.2, -0.15) is 10.1 Å². The topological polar surface area (TPSA) is 117 Å². The lowest BCUT2D eigenvalue weighted by Crippen LogP contribution is -2.37. The number of para-hydroxylation sites is 1. The molecule has 8 nitrogen and oxygen atoms in total. The van der Waals surface area contributed by atoms with Crippen molar-refractivity contribution in [2.45, 2.75) is 0 Å². The monoisotopic (exact) mass is 322 g/mol. The van der Waals surface area contributed by atoms with Gasteiger partial charge in [0.2, 0.25) is 5.95 Å². The molecule has 0 spiro atoms. The normalized spacial score (nSPS) is 10.2. The Morgan fingerprint density at radius 1 is 1.00 bits per heavy atom. The van der Waals surface area contributed by atoms with Crippen molar-refractivity contribution < 1.29 is 9.59 Å². The molecule has 0 saturated carbocycles. The lowest BCUT2D eigenvalue weighted by Gasteiger charge is -2.22. The third kappa shape index (κ3) is 3.22. The number of aromatic amines is 1. The Labute approximate surface area is 137 Å². The maximum atomic E-state index is 12.7. The largest absolute Gasteiger partial charge is 0.399 e. The Kier molecular flexibility index (Phi) is 4.19. The zero-order chi connectivity index (χ0) is 16.9. The number of H-pyrrole nitrogens is 1. The van der Waals surface area contributed by atoms with E-state index in [2.05, 4.69) is 20.5 Å². The molecule has 0 saturated heterocycles. The molecule has 0 aliphatic rings. The molecular formula is C16H14N6O2. The van der Waals surface area contributed by atoms with Gasteiger partial charge in [0.25, 0.3) is 0 Å². The van der Waals surface area contributed by atoms with Crippen LogP contribution in [-0.4, -0.2) is 27.0 Å². The fourth-order valence-electron chi connectivity index (χ4n) is 2.11. The first kappa shape index (κ1) is 15.2. The Balaban J connectivity index is 1.93. The second-order valence-corrected chi connectivity index (χ2v) is 4.86. The van der Waals surface area contributed by atoms with Crippen LogP contribution in [0.1, 0.15) is 0 Å². The first-order valence-electron chi connectivity index (χ1n) is 7.06. The first-order valence-corrected chi connectivity index (χ1v) is 7.06. The number of nitrogens with zero attached hydrogens (tertiary/aromatic N) is 3. The van der Waals surface area contributed by atoms with Crippen molar-refractivity contribution in [1.82, 2.24) is 15.2 Å². The van der Waals surface area contributed by atoms with Gasteiger partial charge in [-0.3, -0.25) is 19.8 Å². The SMILES string of the molecule is Nc1ccc(N(C(=O)C(=O)Nc2ncn[nH]2)c2ccccc2)cc1. The summed E-state index contributed by atoms with van der Waals surface area (Å²) in [5, 5.41) is 8.45. The lowest BCUT2D eigenvalue weighted by atomic mass is 10.2. The van der Waals surface area contributed by atoms with E-state index < -0.39 is 11.8 Å². The summed E-state index contributed by atoms with van der Waals surface area (Å²) in [5.74, 6) is -1.51. The molecule has 8 heteroatoms. The average Bonchev–Trinajstić information content (AvgIpc) is 3.10. The van der Waals surface area contributed by atoms with E-state index in [1.165, 1.54) is 11.2 Å². The summed E-state index contributed by atoms with van der Waals surface area (Å²) in [6, 6.07) is 15.5. The van der Waals surface area contributed by atoms with E-state index in [4.69, 9.17) is 5.73 Å². The van der Waals surface area contributed by atoms with Gasteiger partial charge in [-0.05, 0) is 36.4 Å². The number of nitrogens with one attached hydrogen (secondary N) is 2. The maximum absolute atomic E-state index is 12.7. The third-order valence-electron chi connectivity index (χ3n) is 3.21. The number of aromatic nitrogens is 3. The Bertz CT molecular complexity index is 831. The molecule has 120 valence electrons. The van der Waals surface area contributed by atoms with Crippen LogP contribution >= 0.6 is 0 Å². The van der Waals surface area contributed by atoms with Crippen LogP contribution in [0.15, 0.2) is 60.9 Å². The fourth-order valence-corrected chi connectivity index (χ4v) is 2.11. The summed E-state index contributed by atoms with van der Waals surface area (Å²) in [7, 11) is 0. The minimum absolute atomic E-state index is 0.0960. The van der Waals surface area contributed by atoms with Crippen molar-refractivity contribution in [2.24, 2.45) is 0 Å². The van der Waals surface area contributed by atoms with Gasteiger partial charge in [-0.1, -0.05) is 18.2 Å². The molecule has 0 aliphatic heterocycles. The van der Waals surface area contributed by atoms with Crippen molar-refractivity contribution in [3.05, 3.63) is 60.9 Å². The van der Waals surface area contributed by atoms with Crippen LogP contribution in [0.4, 0.5) is 23.0 Å². The Morgan fingerprint density at radius 3 is 2.29 bits per heavy atom. The summed E-state index contributed by atoms with van der Waals surface area (Å²) >= 11 is 0. The second-order valence-electron chi connectivity index (χ2n) is 4.86. The van der Waals surface area contributed by atoms with E-state index in [-0.39, 0.29) is 5.95 Å². The van der Waals surface area contributed by atoms with Crippen LogP contribution in [0.2, 0.25) is 0 Å².